The van der Waals surface area contributed by atoms with Gasteiger partial charge < -0.3 is 9.64 Å². The molecule has 8 heteroatoms. The number of rotatable bonds is 3. The van der Waals surface area contributed by atoms with E-state index in [1.165, 1.54) is 4.90 Å². The maximum atomic E-state index is 13.9. The number of aromatic nitrogens is 2. The molecule has 1 atom stereocenters. The van der Waals surface area contributed by atoms with Gasteiger partial charge in [-0.15, -0.1) is 0 Å². The summed E-state index contributed by atoms with van der Waals surface area (Å²) in [6.07, 6.45) is 1.02. The highest BCUT2D eigenvalue weighted by atomic mass is 19.2. The van der Waals surface area contributed by atoms with Crippen molar-refractivity contribution in [3.8, 4) is 5.88 Å². The predicted octanol–water partition coefficient (Wildman–Crippen LogP) is 3.19. The fraction of sp³-hybridized carbons (Fsp3) is 0.389. The molecular weight excluding hydrogens is 347 g/mol. The first-order valence-corrected chi connectivity index (χ1v) is 8.27. The lowest BCUT2D eigenvalue weighted by atomic mass is 10.1. The van der Waals surface area contributed by atoms with Crippen LogP contribution >= 0.6 is 0 Å². The first-order chi connectivity index (χ1) is 12.3. The van der Waals surface area contributed by atoms with Crippen molar-refractivity contribution in [2.45, 2.75) is 32.8 Å². The van der Waals surface area contributed by atoms with Gasteiger partial charge in [-0.05, 0) is 38.8 Å². The van der Waals surface area contributed by atoms with Crippen LogP contribution in [-0.4, -0.2) is 40.0 Å². The number of ether oxygens (including phenoxy) is 1. The molecule has 1 amide bonds. The minimum absolute atomic E-state index is 0.208. The second-order valence-corrected chi connectivity index (χ2v) is 6.25. The van der Waals surface area contributed by atoms with E-state index in [0.29, 0.717) is 31.1 Å². The SMILES string of the molecule is Cc1cc(OC2CCCN(C(=O)c3ccc(F)c(F)c3F)C2)nc(C)n1. The van der Waals surface area contributed by atoms with Gasteiger partial charge in [-0.2, -0.15) is 4.98 Å². The third-order valence-corrected chi connectivity index (χ3v) is 4.16. The molecular formula is C18H18F3N3O2. The van der Waals surface area contributed by atoms with E-state index >= 15 is 0 Å². The molecule has 1 aromatic heterocycles. The number of nitrogens with zero attached hydrogens (tertiary/aromatic N) is 3. The summed E-state index contributed by atoms with van der Waals surface area (Å²) in [5.74, 6) is -4.15. The van der Waals surface area contributed by atoms with Crippen LogP contribution < -0.4 is 4.74 Å². The Kier molecular flexibility index (Phi) is 5.11. The van der Waals surface area contributed by atoms with Gasteiger partial charge in [0.05, 0.1) is 12.1 Å². The van der Waals surface area contributed by atoms with E-state index in [1.807, 2.05) is 6.92 Å². The highest BCUT2D eigenvalue weighted by Crippen LogP contribution is 2.22. The van der Waals surface area contributed by atoms with Crippen LogP contribution in [0.5, 0.6) is 5.88 Å². The van der Waals surface area contributed by atoms with E-state index in [4.69, 9.17) is 4.74 Å². The van der Waals surface area contributed by atoms with E-state index in [-0.39, 0.29) is 12.6 Å². The molecule has 0 saturated carbocycles. The van der Waals surface area contributed by atoms with Gasteiger partial charge >= 0.3 is 0 Å². The highest BCUT2D eigenvalue weighted by molar-refractivity contribution is 5.94. The average molecular weight is 365 g/mol. The Morgan fingerprint density at radius 1 is 1.19 bits per heavy atom. The van der Waals surface area contributed by atoms with Crippen molar-refractivity contribution >= 4 is 5.91 Å². The van der Waals surface area contributed by atoms with Crippen molar-refractivity contribution in [2.24, 2.45) is 0 Å². The lowest BCUT2D eigenvalue weighted by molar-refractivity contribution is 0.0521. The van der Waals surface area contributed by atoms with E-state index in [1.54, 1.807) is 13.0 Å². The molecule has 0 aliphatic carbocycles. The van der Waals surface area contributed by atoms with Gasteiger partial charge in [0, 0.05) is 18.3 Å². The van der Waals surface area contributed by atoms with Crippen LogP contribution in [0.3, 0.4) is 0 Å². The van der Waals surface area contributed by atoms with Crippen molar-refractivity contribution in [3.05, 3.63) is 52.7 Å². The topological polar surface area (TPSA) is 55.3 Å². The number of benzene rings is 1. The fourth-order valence-corrected chi connectivity index (χ4v) is 2.99. The van der Waals surface area contributed by atoms with Gasteiger partial charge in [-0.25, -0.2) is 18.2 Å². The molecule has 5 nitrogen and oxygen atoms in total. The van der Waals surface area contributed by atoms with Gasteiger partial charge in [0.15, 0.2) is 17.5 Å². The maximum absolute atomic E-state index is 13.9. The quantitative estimate of drug-likeness (QED) is 0.784. The molecule has 0 radical (unpaired) electrons. The number of likely N-dealkylation sites (tertiary alicyclic amines) is 1. The molecule has 1 aliphatic rings. The fourth-order valence-electron chi connectivity index (χ4n) is 2.99. The number of halogens is 3. The number of hydrogen-bond acceptors (Lipinski definition) is 4. The second kappa shape index (κ2) is 7.31. The van der Waals surface area contributed by atoms with Crippen molar-refractivity contribution in [3.63, 3.8) is 0 Å². The number of aryl methyl sites for hydroxylation is 2. The van der Waals surface area contributed by atoms with Crippen molar-refractivity contribution in [1.29, 1.82) is 0 Å². The van der Waals surface area contributed by atoms with Crippen LogP contribution in [-0.2, 0) is 0 Å². The van der Waals surface area contributed by atoms with Crippen LogP contribution in [0.4, 0.5) is 13.2 Å². The molecule has 0 bridgehead atoms. The highest BCUT2D eigenvalue weighted by Gasteiger charge is 2.29. The Bertz CT molecular complexity index is 824. The minimum atomic E-state index is -1.65. The zero-order chi connectivity index (χ0) is 18.8. The van der Waals surface area contributed by atoms with Crippen molar-refractivity contribution in [2.75, 3.05) is 13.1 Å². The Morgan fingerprint density at radius 3 is 2.69 bits per heavy atom. The second-order valence-electron chi connectivity index (χ2n) is 6.25. The zero-order valence-corrected chi connectivity index (χ0v) is 14.4. The van der Waals surface area contributed by atoms with Crippen LogP contribution in [0.25, 0.3) is 0 Å². The van der Waals surface area contributed by atoms with Gasteiger partial charge in [-0.1, -0.05) is 0 Å². The largest absolute Gasteiger partial charge is 0.472 e. The number of carbonyl (C=O) groups excluding carboxylic acids is 1. The molecule has 1 aliphatic heterocycles. The van der Waals surface area contributed by atoms with E-state index in [9.17, 15) is 18.0 Å². The van der Waals surface area contributed by atoms with Crippen LogP contribution in [0.15, 0.2) is 18.2 Å². The summed E-state index contributed by atoms with van der Waals surface area (Å²) < 4.78 is 46.2. The number of piperidine rings is 1. The molecule has 1 saturated heterocycles. The minimum Gasteiger partial charge on any atom is -0.472 e. The van der Waals surface area contributed by atoms with Crippen molar-refractivity contribution in [1.82, 2.24) is 14.9 Å². The van der Waals surface area contributed by atoms with Gasteiger partial charge in [0.1, 0.15) is 11.9 Å². The standard InChI is InChI=1S/C18H18F3N3O2/c1-10-8-15(23-11(2)22-10)26-12-4-3-7-24(9-12)18(25)13-5-6-14(19)17(21)16(13)20/h5-6,8,12H,3-4,7,9H2,1-2H3. The molecule has 1 unspecified atom stereocenters. The Hall–Kier alpha value is -2.64. The number of amides is 1. The first kappa shape index (κ1) is 18.2. The third-order valence-electron chi connectivity index (χ3n) is 4.16. The molecule has 0 N–H and O–H groups in total. The van der Waals surface area contributed by atoms with Crippen LogP contribution in [0.2, 0.25) is 0 Å². The monoisotopic (exact) mass is 365 g/mol. The molecule has 1 fully saturated rings. The third kappa shape index (κ3) is 3.79. The normalized spacial score (nSPS) is 17.3. The van der Waals surface area contributed by atoms with E-state index in [0.717, 1.165) is 17.8 Å². The van der Waals surface area contributed by atoms with Crippen molar-refractivity contribution < 1.29 is 22.7 Å². The molecule has 1 aromatic carbocycles. The molecule has 2 aromatic rings. The predicted molar refractivity (Wildman–Crippen MR) is 87.4 cm³/mol. The van der Waals surface area contributed by atoms with Crippen LogP contribution in [0, 0.1) is 31.3 Å². The van der Waals surface area contributed by atoms with E-state index in [2.05, 4.69) is 9.97 Å². The average Bonchev–Trinajstić information content (AvgIpc) is 2.59. The van der Waals surface area contributed by atoms with E-state index < -0.39 is 28.9 Å². The van der Waals surface area contributed by atoms with Crippen LogP contribution in [0.1, 0.15) is 34.7 Å². The number of carbonyl (C=O) groups is 1. The molecule has 138 valence electrons. The summed E-state index contributed by atoms with van der Waals surface area (Å²) in [5, 5.41) is 0. The summed E-state index contributed by atoms with van der Waals surface area (Å²) in [7, 11) is 0. The summed E-state index contributed by atoms with van der Waals surface area (Å²) in [6.45, 7) is 4.17. The maximum Gasteiger partial charge on any atom is 0.257 e. The lowest BCUT2D eigenvalue weighted by Crippen LogP contribution is -2.44. The van der Waals surface area contributed by atoms with Gasteiger partial charge in [0.2, 0.25) is 5.88 Å². The summed E-state index contributed by atoms with van der Waals surface area (Å²) in [6, 6.07) is 3.40. The molecule has 26 heavy (non-hydrogen) atoms. The first-order valence-electron chi connectivity index (χ1n) is 8.27. The molecule has 2 heterocycles. The Labute approximate surface area is 148 Å². The van der Waals surface area contributed by atoms with Gasteiger partial charge in [0.25, 0.3) is 5.91 Å². The smallest absolute Gasteiger partial charge is 0.257 e. The Morgan fingerprint density at radius 2 is 1.96 bits per heavy atom. The summed E-state index contributed by atoms with van der Waals surface area (Å²) in [4.78, 5) is 22.3. The Balaban J connectivity index is 1.74. The zero-order valence-electron chi connectivity index (χ0n) is 14.4. The molecule has 3 rings (SSSR count). The number of hydrogen-bond donors (Lipinski definition) is 0. The van der Waals surface area contributed by atoms with Gasteiger partial charge in [-0.3, -0.25) is 4.79 Å². The lowest BCUT2D eigenvalue weighted by Gasteiger charge is -2.32. The summed E-state index contributed by atoms with van der Waals surface area (Å²) >= 11 is 0. The molecule has 0 spiro atoms. The summed E-state index contributed by atoms with van der Waals surface area (Å²) in [5.41, 5.74) is 0.276.